The van der Waals surface area contributed by atoms with E-state index in [9.17, 15) is 14.7 Å². The van der Waals surface area contributed by atoms with Crippen molar-refractivity contribution in [2.75, 3.05) is 4.90 Å². The molecule has 1 N–H and O–H groups in total. The molecule has 0 radical (unpaired) electrons. The maximum absolute atomic E-state index is 11.3. The van der Waals surface area contributed by atoms with Gasteiger partial charge in [0.2, 0.25) is 0 Å². The highest BCUT2D eigenvalue weighted by Gasteiger charge is 2.17. The summed E-state index contributed by atoms with van der Waals surface area (Å²) in [7, 11) is 0. The van der Waals surface area contributed by atoms with Gasteiger partial charge in [0.1, 0.15) is 5.82 Å². The number of pyridine rings is 2. The van der Waals surface area contributed by atoms with E-state index in [-0.39, 0.29) is 12.4 Å². The van der Waals surface area contributed by atoms with Crippen LogP contribution < -0.4 is 4.90 Å². The zero-order valence-electron chi connectivity index (χ0n) is 10.2. The van der Waals surface area contributed by atoms with Crippen LogP contribution in [0, 0.1) is 0 Å². The van der Waals surface area contributed by atoms with Gasteiger partial charge < -0.3 is 5.11 Å². The van der Waals surface area contributed by atoms with Crippen LogP contribution in [0.2, 0.25) is 5.02 Å². The lowest BCUT2D eigenvalue weighted by molar-refractivity contribution is 0.112. The van der Waals surface area contributed by atoms with Gasteiger partial charge in [-0.1, -0.05) is 11.6 Å². The Morgan fingerprint density at radius 1 is 1.35 bits per heavy atom. The largest absolute Gasteiger partial charge is 0.465 e. The van der Waals surface area contributed by atoms with E-state index in [1.165, 1.54) is 30.7 Å². The standard InChI is InChI=1S/C13H10ClN3O3/c14-11-6-15-4-3-10(11)7-17(13(19)20)12-2-1-9(8-18)5-16-12/h1-6,8H,7H2,(H,19,20). The quantitative estimate of drug-likeness (QED) is 0.876. The predicted molar refractivity (Wildman–Crippen MR) is 73.1 cm³/mol. The third-order valence-electron chi connectivity index (χ3n) is 2.60. The molecular weight excluding hydrogens is 282 g/mol. The summed E-state index contributed by atoms with van der Waals surface area (Å²) in [5.74, 6) is 0.218. The number of anilines is 1. The Morgan fingerprint density at radius 3 is 2.70 bits per heavy atom. The van der Waals surface area contributed by atoms with E-state index in [1.54, 1.807) is 6.07 Å². The van der Waals surface area contributed by atoms with E-state index in [4.69, 9.17) is 11.6 Å². The minimum atomic E-state index is -1.16. The van der Waals surface area contributed by atoms with Gasteiger partial charge in [-0.15, -0.1) is 0 Å². The monoisotopic (exact) mass is 291 g/mol. The number of amides is 1. The number of carbonyl (C=O) groups is 2. The average Bonchev–Trinajstić information content (AvgIpc) is 2.46. The maximum atomic E-state index is 11.3. The Hall–Kier alpha value is -2.47. The number of rotatable bonds is 4. The van der Waals surface area contributed by atoms with Crippen molar-refractivity contribution in [3.63, 3.8) is 0 Å². The Labute approximate surface area is 119 Å². The van der Waals surface area contributed by atoms with Gasteiger partial charge in [-0.2, -0.15) is 0 Å². The van der Waals surface area contributed by atoms with Gasteiger partial charge in [-0.05, 0) is 23.8 Å². The number of carboxylic acid groups (broad SMARTS) is 1. The van der Waals surface area contributed by atoms with Crippen molar-refractivity contribution in [1.82, 2.24) is 9.97 Å². The molecule has 0 saturated heterocycles. The van der Waals surface area contributed by atoms with Crippen molar-refractivity contribution in [2.45, 2.75) is 6.54 Å². The molecular formula is C13H10ClN3O3. The third-order valence-corrected chi connectivity index (χ3v) is 2.94. The molecule has 0 saturated carbocycles. The lowest BCUT2D eigenvalue weighted by Crippen LogP contribution is -2.29. The number of aromatic nitrogens is 2. The lowest BCUT2D eigenvalue weighted by Gasteiger charge is -2.18. The van der Waals surface area contributed by atoms with Gasteiger partial charge in [0, 0.05) is 24.2 Å². The highest BCUT2D eigenvalue weighted by atomic mass is 35.5. The van der Waals surface area contributed by atoms with Gasteiger partial charge in [0.25, 0.3) is 0 Å². The predicted octanol–water partition coefficient (Wildman–Crippen LogP) is 2.63. The van der Waals surface area contributed by atoms with Crippen molar-refractivity contribution in [2.24, 2.45) is 0 Å². The molecule has 0 aromatic carbocycles. The zero-order valence-corrected chi connectivity index (χ0v) is 11.0. The second-order valence-electron chi connectivity index (χ2n) is 3.90. The first-order valence-electron chi connectivity index (χ1n) is 5.62. The van der Waals surface area contributed by atoms with Crippen molar-refractivity contribution < 1.29 is 14.7 Å². The summed E-state index contributed by atoms with van der Waals surface area (Å²) >= 11 is 5.96. The van der Waals surface area contributed by atoms with Crippen LogP contribution in [-0.2, 0) is 6.54 Å². The number of aldehydes is 1. The second kappa shape index (κ2) is 6.12. The molecule has 2 heterocycles. The van der Waals surface area contributed by atoms with E-state index in [1.807, 2.05) is 0 Å². The van der Waals surface area contributed by atoms with Gasteiger partial charge in [-0.3, -0.25) is 14.7 Å². The molecule has 102 valence electrons. The molecule has 0 aliphatic carbocycles. The van der Waals surface area contributed by atoms with Crippen molar-refractivity contribution in [3.8, 4) is 0 Å². The Morgan fingerprint density at radius 2 is 2.15 bits per heavy atom. The fourth-order valence-corrected chi connectivity index (χ4v) is 1.76. The second-order valence-corrected chi connectivity index (χ2v) is 4.31. The summed E-state index contributed by atoms with van der Waals surface area (Å²) in [6, 6.07) is 4.60. The van der Waals surface area contributed by atoms with Crippen molar-refractivity contribution in [1.29, 1.82) is 0 Å². The molecule has 20 heavy (non-hydrogen) atoms. The Kier molecular flexibility index (Phi) is 4.27. The van der Waals surface area contributed by atoms with Crippen LogP contribution in [0.5, 0.6) is 0 Å². The first kappa shape index (κ1) is 14.0. The summed E-state index contributed by atoms with van der Waals surface area (Å²) in [5.41, 5.74) is 0.992. The molecule has 0 bridgehead atoms. The maximum Gasteiger partial charge on any atom is 0.413 e. The lowest BCUT2D eigenvalue weighted by atomic mass is 10.2. The van der Waals surface area contributed by atoms with Crippen LogP contribution in [0.25, 0.3) is 0 Å². The number of hydrogen-bond acceptors (Lipinski definition) is 4. The van der Waals surface area contributed by atoms with Crippen LogP contribution in [0.1, 0.15) is 15.9 Å². The first-order valence-corrected chi connectivity index (χ1v) is 5.99. The van der Waals surface area contributed by atoms with Crippen molar-refractivity contribution in [3.05, 3.63) is 52.9 Å². The summed E-state index contributed by atoms with van der Waals surface area (Å²) in [5, 5.41) is 9.64. The molecule has 2 aromatic heterocycles. The molecule has 0 atom stereocenters. The summed E-state index contributed by atoms with van der Waals surface area (Å²) in [6.45, 7) is 0.0458. The molecule has 0 spiro atoms. The fraction of sp³-hybridized carbons (Fsp3) is 0.0769. The smallest absolute Gasteiger partial charge is 0.413 e. The molecule has 0 unspecified atom stereocenters. The topological polar surface area (TPSA) is 83.4 Å². The SMILES string of the molecule is O=Cc1ccc(N(Cc2ccncc2Cl)C(=O)O)nc1. The molecule has 0 aliphatic heterocycles. The summed E-state index contributed by atoms with van der Waals surface area (Å²) in [6.07, 6.45) is 3.77. The number of halogens is 1. The highest BCUT2D eigenvalue weighted by molar-refractivity contribution is 6.31. The van der Waals surface area contributed by atoms with E-state index in [0.29, 0.717) is 22.4 Å². The minimum Gasteiger partial charge on any atom is -0.465 e. The van der Waals surface area contributed by atoms with E-state index < -0.39 is 6.09 Å². The van der Waals surface area contributed by atoms with Crippen LogP contribution in [0.15, 0.2) is 36.8 Å². The van der Waals surface area contributed by atoms with Crippen LogP contribution >= 0.6 is 11.6 Å². The Balaban J connectivity index is 2.29. The molecule has 2 rings (SSSR count). The number of carbonyl (C=O) groups excluding carboxylic acids is 1. The normalized spacial score (nSPS) is 10.1. The van der Waals surface area contributed by atoms with Crippen LogP contribution in [-0.4, -0.2) is 27.5 Å². The zero-order chi connectivity index (χ0) is 14.5. The van der Waals surface area contributed by atoms with Gasteiger partial charge >= 0.3 is 6.09 Å². The minimum absolute atomic E-state index is 0.0458. The molecule has 6 nitrogen and oxygen atoms in total. The molecule has 0 fully saturated rings. The number of hydrogen-bond donors (Lipinski definition) is 1. The van der Waals surface area contributed by atoms with Crippen LogP contribution in [0.3, 0.4) is 0 Å². The van der Waals surface area contributed by atoms with E-state index >= 15 is 0 Å². The van der Waals surface area contributed by atoms with Crippen LogP contribution in [0.4, 0.5) is 10.6 Å². The number of nitrogens with zero attached hydrogens (tertiary/aromatic N) is 3. The van der Waals surface area contributed by atoms with E-state index in [2.05, 4.69) is 9.97 Å². The van der Waals surface area contributed by atoms with Gasteiger partial charge in [0.15, 0.2) is 6.29 Å². The highest BCUT2D eigenvalue weighted by Crippen LogP contribution is 2.19. The Bertz CT molecular complexity index is 631. The molecule has 2 aromatic rings. The van der Waals surface area contributed by atoms with Crippen molar-refractivity contribution >= 4 is 29.8 Å². The first-order chi connectivity index (χ1) is 9.61. The summed E-state index contributed by atoms with van der Waals surface area (Å²) in [4.78, 5) is 30.7. The summed E-state index contributed by atoms with van der Waals surface area (Å²) < 4.78 is 0. The third kappa shape index (κ3) is 3.10. The average molecular weight is 292 g/mol. The van der Waals surface area contributed by atoms with Gasteiger partial charge in [0.05, 0.1) is 11.6 Å². The molecule has 0 aliphatic rings. The van der Waals surface area contributed by atoms with E-state index in [0.717, 1.165) is 4.90 Å². The van der Waals surface area contributed by atoms with Gasteiger partial charge in [-0.25, -0.2) is 9.78 Å². The molecule has 1 amide bonds. The molecule has 7 heteroatoms. The fourth-order valence-electron chi connectivity index (χ4n) is 1.58.